The highest BCUT2D eigenvalue weighted by Gasteiger charge is 2.49. The van der Waals surface area contributed by atoms with Crippen LogP contribution in [0.1, 0.15) is 148 Å². The second kappa shape index (κ2) is 36.4. The Labute approximate surface area is 652 Å². The smallest absolute Gasteiger partial charge is 0.365 e. The van der Waals surface area contributed by atoms with Gasteiger partial charge in [-0.2, -0.15) is 45.3 Å². The maximum Gasteiger partial charge on any atom is 0.365 e. The molecule has 10 rings (SSSR count). The first-order chi connectivity index (χ1) is 52.4. The standard InChI is InChI=1S/C22H22ClF3N2O2.C20H19ClF3N3O2.2C18H21F3N4O2/c1-13-12-15(6-7-19(13)24)27-21(30)17-4-3-5-18(20(17)23)22(25,26)14(2)28-10-8-16(29)9-11-28;1-12(27-8-5-15(28)6-9-27)20(23,24)16-10-13(2-3-17(16)22)19(29)26-14-4-7-25-18(21)11-14;1-10-8-11(6-7-13(10)19)22-15(26)14-12(9-25(5)24-14)18(20,21)16(27)23-17(2,3)4;1-10-8-11(6-7-12(10)19)22-15(26)13-9-14(25(5)24-13)18(20,21)16(27)23-17(2,3)4/h3-7,12,16,29H,2,8-11H2,1H3,(H,27,30);2-4,7,10-11,15,28H,1,5-6,8-9H2,(H,25,26,29);2*6-9H,1-5H3,(H,22,26)(H,23,27). The number of carbonyl (C=O) groups is 6. The summed E-state index contributed by atoms with van der Waals surface area (Å²) < 4.78 is 175. The molecule has 6 amide bonds. The predicted octanol–water partition coefficient (Wildman–Crippen LogP) is 15.5. The van der Waals surface area contributed by atoms with E-state index in [1.165, 1.54) is 117 Å². The quantitative estimate of drug-likeness (QED) is 0.0294. The molecule has 0 aliphatic carbocycles. The summed E-state index contributed by atoms with van der Waals surface area (Å²) >= 11 is 12.0. The molecular formula is C78H83Cl2F12N13O8. The Morgan fingerprint density at radius 1 is 0.487 bits per heavy atom. The van der Waals surface area contributed by atoms with E-state index in [1.807, 2.05) is 0 Å². The van der Waals surface area contributed by atoms with Crippen LogP contribution in [0.3, 0.4) is 0 Å². The summed E-state index contributed by atoms with van der Waals surface area (Å²) in [7, 11) is 2.58. The van der Waals surface area contributed by atoms with Crippen molar-refractivity contribution in [3.63, 3.8) is 0 Å². The van der Waals surface area contributed by atoms with Crippen LogP contribution in [-0.4, -0.2) is 129 Å². The second-order valence-corrected chi connectivity index (χ2v) is 29.3. The molecule has 113 heavy (non-hydrogen) atoms. The first-order valence-electron chi connectivity index (χ1n) is 34.7. The zero-order chi connectivity index (χ0) is 84.4. The van der Waals surface area contributed by atoms with Gasteiger partial charge in [0, 0.05) is 97.6 Å². The highest BCUT2D eigenvalue weighted by molar-refractivity contribution is 6.35. The molecule has 0 spiro atoms. The van der Waals surface area contributed by atoms with Gasteiger partial charge < -0.3 is 51.9 Å². The van der Waals surface area contributed by atoms with Crippen molar-refractivity contribution in [1.29, 1.82) is 0 Å². The van der Waals surface area contributed by atoms with Crippen molar-refractivity contribution in [3.8, 4) is 0 Å². The third kappa shape index (κ3) is 23.2. The normalized spacial score (nSPS) is 13.7. The van der Waals surface area contributed by atoms with Crippen LogP contribution in [-0.2, 0) is 47.4 Å². The Morgan fingerprint density at radius 3 is 1.37 bits per heavy atom. The van der Waals surface area contributed by atoms with E-state index in [0.717, 1.165) is 52.0 Å². The average molecular weight is 1630 g/mol. The zero-order valence-corrected chi connectivity index (χ0v) is 64.6. The number of likely N-dealkylation sites (tertiary alicyclic amines) is 2. The molecule has 2 aliphatic heterocycles. The molecule has 3 aromatic heterocycles. The van der Waals surface area contributed by atoms with Crippen LogP contribution in [0.25, 0.3) is 0 Å². The summed E-state index contributed by atoms with van der Waals surface area (Å²) in [5.41, 5.74) is -4.77. The lowest BCUT2D eigenvalue weighted by atomic mass is 9.99. The number of rotatable bonds is 18. The monoisotopic (exact) mass is 1630 g/mol. The number of aryl methyl sites for hydroxylation is 5. The topological polar surface area (TPSA) is 270 Å². The fourth-order valence-corrected chi connectivity index (χ4v) is 11.6. The average Bonchev–Trinajstić information content (AvgIpc) is 1.56. The van der Waals surface area contributed by atoms with Crippen LogP contribution in [0.2, 0.25) is 10.2 Å². The summed E-state index contributed by atoms with van der Waals surface area (Å²) in [5.74, 6) is -23.6. The van der Waals surface area contributed by atoms with E-state index in [-0.39, 0.29) is 64.4 Å². The van der Waals surface area contributed by atoms with Crippen molar-refractivity contribution in [3.05, 3.63) is 241 Å². The van der Waals surface area contributed by atoms with Crippen LogP contribution < -0.4 is 31.9 Å². The summed E-state index contributed by atoms with van der Waals surface area (Å²) in [5, 5.41) is 40.7. The minimum Gasteiger partial charge on any atom is -0.393 e. The maximum absolute atomic E-state index is 15.2. The van der Waals surface area contributed by atoms with E-state index < -0.39 is 145 Å². The fraction of sp³-hybridized carbons (Fsp3) is 0.346. The molecule has 0 bridgehead atoms. The number of anilines is 4. The fourth-order valence-electron chi connectivity index (χ4n) is 11.1. The number of alkyl halides is 8. The minimum absolute atomic E-state index is 0.127. The van der Waals surface area contributed by atoms with Gasteiger partial charge in [0.15, 0.2) is 11.4 Å². The first-order valence-corrected chi connectivity index (χ1v) is 35.4. The van der Waals surface area contributed by atoms with Crippen molar-refractivity contribution in [2.24, 2.45) is 14.1 Å². The number of benzene rings is 5. The number of hydrogen-bond acceptors (Lipinski definition) is 13. The molecule has 8 aromatic rings. The number of piperidine rings is 2. The molecule has 0 unspecified atom stereocenters. The lowest BCUT2D eigenvalue weighted by Gasteiger charge is -2.36. The summed E-state index contributed by atoms with van der Waals surface area (Å²) in [4.78, 5) is 80.3. The molecule has 2 aliphatic rings. The number of carbonyl (C=O) groups excluding carboxylic acids is 6. The number of amides is 6. The Morgan fingerprint density at radius 2 is 0.912 bits per heavy atom. The third-order valence-corrected chi connectivity index (χ3v) is 17.8. The lowest BCUT2D eigenvalue weighted by molar-refractivity contribution is -0.149. The van der Waals surface area contributed by atoms with Gasteiger partial charge in [0.05, 0.1) is 45.3 Å². The van der Waals surface area contributed by atoms with Crippen molar-refractivity contribution in [1.82, 2.24) is 45.0 Å². The molecule has 0 atom stereocenters. The van der Waals surface area contributed by atoms with Gasteiger partial charge in [-0.15, -0.1) is 0 Å². The molecule has 606 valence electrons. The molecular weight excluding hydrogens is 1550 g/mol. The molecule has 0 radical (unpaired) electrons. The first kappa shape index (κ1) is 89.4. The van der Waals surface area contributed by atoms with Crippen molar-refractivity contribution >= 4 is 81.4 Å². The number of hydrogen-bond donors (Lipinski definition) is 8. The number of pyridine rings is 1. The van der Waals surface area contributed by atoms with Gasteiger partial charge in [-0.05, 0) is 202 Å². The maximum atomic E-state index is 15.2. The molecule has 8 N–H and O–H groups in total. The van der Waals surface area contributed by atoms with Crippen molar-refractivity contribution in [2.75, 3.05) is 47.4 Å². The number of aliphatic hydroxyl groups is 2. The summed E-state index contributed by atoms with van der Waals surface area (Å²) in [6.07, 6.45) is 2.66. The highest BCUT2D eigenvalue weighted by atomic mass is 35.5. The third-order valence-electron chi connectivity index (χ3n) is 17.2. The largest absolute Gasteiger partial charge is 0.393 e. The number of nitrogens with one attached hydrogen (secondary N) is 6. The lowest BCUT2D eigenvalue weighted by Crippen LogP contribution is -2.48. The molecule has 2 saturated heterocycles. The number of allylic oxidation sites excluding steroid dienone is 2. The number of aliphatic hydroxyl groups excluding tert-OH is 2. The number of aromatic nitrogens is 5. The van der Waals surface area contributed by atoms with E-state index in [9.17, 15) is 74.1 Å². The SMILES string of the molecule is C=C(N1CCC(O)CC1)C(F)(F)c1cc(C(=O)Nc2ccnc(Cl)c2)ccc1F.C=C(N1CCC(O)CC1)C(F)(F)c1cccc(C(=O)Nc2ccc(F)c(C)c2)c1Cl.Cc1cc(NC(=O)c2cc(C(F)(F)C(=O)NC(C)(C)C)n(C)n2)ccc1F.Cc1cc(NC(=O)c2nn(C)cc2C(F)(F)C(=O)NC(C)(C)C)ccc1F. The van der Waals surface area contributed by atoms with Gasteiger partial charge in [0.1, 0.15) is 34.1 Å². The van der Waals surface area contributed by atoms with E-state index >= 15 is 17.6 Å². The van der Waals surface area contributed by atoms with Gasteiger partial charge in [-0.3, -0.25) is 38.1 Å². The summed E-state index contributed by atoms with van der Waals surface area (Å²) in [6, 6.07) is 22.1. The van der Waals surface area contributed by atoms with Gasteiger partial charge >= 0.3 is 23.7 Å². The van der Waals surface area contributed by atoms with Crippen LogP contribution in [0.15, 0.2) is 146 Å². The van der Waals surface area contributed by atoms with E-state index in [1.54, 1.807) is 48.5 Å². The highest BCUT2D eigenvalue weighted by Crippen LogP contribution is 2.44. The van der Waals surface area contributed by atoms with E-state index in [2.05, 4.69) is 60.2 Å². The molecule has 21 nitrogen and oxygen atoms in total. The van der Waals surface area contributed by atoms with Crippen LogP contribution in [0.4, 0.5) is 75.4 Å². The molecule has 5 aromatic carbocycles. The Hall–Kier alpha value is -10.8. The summed E-state index contributed by atoms with van der Waals surface area (Å²) in [6.45, 7) is 21.9. The van der Waals surface area contributed by atoms with Crippen molar-refractivity contribution in [2.45, 2.75) is 135 Å². The molecule has 0 saturated carbocycles. The predicted molar refractivity (Wildman–Crippen MR) is 402 cm³/mol. The van der Waals surface area contributed by atoms with E-state index in [4.69, 9.17) is 23.2 Å². The Balaban J connectivity index is 0.000000209. The van der Waals surface area contributed by atoms with Gasteiger partial charge in [-0.1, -0.05) is 48.5 Å². The van der Waals surface area contributed by atoms with Crippen LogP contribution >= 0.6 is 23.2 Å². The molecule has 35 heteroatoms. The Bertz CT molecular complexity index is 4880. The van der Waals surface area contributed by atoms with Crippen LogP contribution in [0.5, 0.6) is 0 Å². The van der Waals surface area contributed by atoms with Crippen LogP contribution in [0, 0.1) is 44.0 Å². The second-order valence-electron chi connectivity index (χ2n) is 28.6. The van der Waals surface area contributed by atoms with Crippen molar-refractivity contribution < 1.29 is 91.7 Å². The number of nitrogens with zero attached hydrogens (tertiary/aromatic N) is 7. The zero-order valence-electron chi connectivity index (χ0n) is 63.0. The Kier molecular flexibility index (Phi) is 28.8. The minimum atomic E-state index is -3.97. The molecule has 5 heterocycles. The van der Waals surface area contributed by atoms with Gasteiger partial charge in [0.2, 0.25) is 0 Å². The van der Waals surface area contributed by atoms with Gasteiger partial charge in [-0.25, -0.2) is 22.5 Å². The van der Waals surface area contributed by atoms with E-state index in [0.29, 0.717) is 53.9 Å². The van der Waals surface area contributed by atoms with Gasteiger partial charge in [0.25, 0.3) is 35.4 Å². The molecule has 2 fully saturated rings. The number of halogens is 14.